The van der Waals surface area contributed by atoms with Gasteiger partial charge in [-0.05, 0) is 34.9 Å². The summed E-state index contributed by atoms with van der Waals surface area (Å²) in [7, 11) is 0. The van der Waals surface area contributed by atoms with E-state index in [-0.39, 0.29) is 0 Å². The molecule has 0 spiro atoms. The first kappa shape index (κ1) is 10.7. The van der Waals surface area contributed by atoms with E-state index >= 15 is 0 Å². The quantitative estimate of drug-likeness (QED) is 0.615. The Balaban J connectivity index is 2.75. The molecule has 1 aliphatic rings. The van der Waals surface area contributed by atoms with E-state index in [1.54, 1.807) is 0 Å². The fourth-order valence-corrected chi connectivity index (χ4v) is 1.96. The van der Waals surface area contributed by atoms with E-state index < -0.39 is 0 Å². The summed E-state index contributed by atoms with van der Waals surface area (Å²) in [6.45, 7) is 6.18. The van der Waals surface area contributed by atoms with Crippen LogP contribution in [-0.2, 0) is 0 Å². The average molecular weight is 208 g/mol. The zero-order valence-corrected chi connectivity index (χ0v) is 9.61. The summed E-state index contributed by atoms with van der Waals surface area (Å²) in [4.78, 5) is 0. The molecule has 1 aromatic rings. The van der Waals surface area contributed by atoms with Gasteiger partial charge in [0.2, 0.25) is 0 Å². The van der Waals surface area contributed by atoms with Crippen molar-refractivity contribution in [1.82, 2.24) is 0 Å². The van der Waals surface area contributed by atoms with Gasteiger partial charge in [-0.1, -0.05) is 61.2 Å². The summed E-state index contributed by atoms with van der Waals surface area (Å²) in [6.07, 6.45) is 11.7. The summed E-state index contributed by atoms with van der Waals surface area (Å²) >= 11 is 0. The van der Waals surface area contributed by atoms with Crippen molar-refractivity contribution in [3.63, 3.8) is 0 Å². The summed E-state index contributed by atoms with van der Waals surface area (Å²) in [5.74, 6) is 0. The fourth-order valence-electron chi connectivity index (χ4n) is 1.96. The molecule has 2 rings (SSSR count). The monoisotopic (exact) mass is 208 g/mol. The molecule has 1 aliphatic carbocycles. The van der Waals surface area contributed by atoms with Crippen molar-refractivity contribution in [2.45, 2.75) is 13.3 Å². The van der Waals surface area contributed by atoms with Gasteiger partial charge in [0.05, 0.1) is 0 Å². The lowest BCUT2D eigenvalue weighted by atomic mass is 10.00. The van der Waals surface area contributed by atoms with Gasteiger partial charge < -0.3 is 0 Å². The van der Waals surface area contributed by atoms with Crippen molar-refractivity contribution in [2.75, 3.05) is 0 Å². The maximum Gasteiger partial charge on any atom is -0.00914 e. The Bertz CT molecular complexity index is 568. The van der Waals surface area contributed by atoms with Crippen LogP contribution in [-0.4, -0.2) is 0 Å². The zero-order chi connectivity index (χ0) is 11.4. The van der Waals surface area contributed by atoms with E-state index in [0.29, 0.717) is 0 Å². The van der Waals surface area contributed by atoms with E-state index in [1.165, 1.54) is 16.4 Å². The van der Waals surface area contributed by atoms with Crippen molar-refractivity contribution < 1.29 is 0 Å². The third-order valence-electron chi connectivity index (χ3n) is 2.85. The van der Waals surface area contributed by atoms with Crippen molar-refractivity contribution in [3.8, 4) is 0 Å². The highest BCUT2D eigenvalue weighted by Crippen LogP contribution is 2.18. The largest absolute Gasteiger partial charge is 0.0911 e. The maximum absolute atomic E-state index is 4.09. The van der Waals surface area contributed by atoms with Gasteiger partial charge in [0, 0.05) is 0 Å². The molecule has 0 amide bonds. The van der Waals surface area contributed by atoms with Gasteiger partial charge in [-0.25, -0.2) is 0 Å². The molecule has 0 heteroatoms. The van der Waals surface area contributed by atoms with Crippen LogP contribution in [0, 0.1) is 0 Å². The number of hydrogen-bond acceptors (Lipinski definition) is 0. The molecule has 0 radical (unpaired) electrons. The van der Waals surface area contributed by atoms with Crippen LogP contribution < -0.4 is 10.4 Å². The third-order valence-corrected chi connectivity index (χ3v) is 2.85. The molecule has 0 heterocycles. The van der Waals surface area contributed by atoms with E-state index in [4.69, 9.17) is 0 Å². The highest BCUT2D eigenvalue weighted by Gasteiger charge is 2.02. The van der Waals surface area contributed by atoms with Crippen LogP contribution in [0.5, 0.6) is 0 Å². The molecule has 80 valence electrons. The van der Waals surface area contributed by atoms with Crippen LogP contribution in [0.3, 0.4) is 0 Å². The number of benzene rings is 1. The minimum atomic E-state index is 0.993. The molecular weight excluding hydrogens is 192 g/mol. The third kappa shape index (κ3) is 2.06. The summed E-state index contributed by atoms with van der Waals surface area (Å²) in [6, 6.07) is 8.29. The standard InChI is InChI=1S/C16H16/c1-3-14-10-5-4-6-12-16(14)15-11-8-7-9-13(15)2/h3-9,11-12H,2,10H2,1H3/b14-3+,16-15-. The van der Waals surface area contributed by atoms with Gasteiger partial charge in [0.1, 0.15) is 0 Å². The second kappa shape index (κ2) is 4.80. The van der Waals surface area contributed by atoms with Gasteiger partial charge in [-0.2, -0.15) is 0 Å². The molecule has 0 saturated carbocycles. The smallest absolute Gasteiger partial charge is 0.00914 e. The molecule has 0 aliphatic heterocycles. The lowest BCUT2D eigenvalue weighted by Crippen LogP contribution is -2.25. The molecule has 0 unspecified atom stereocenters. The summed E-state index contributed by atoms with van der Waals surface area (Å²) in [5.41, 5.74) is 2.65. The molecular formula is C16H16. The van der Waals surface area contributed by atoms with Crippen LogP contribution in [0.4, 0.5) is 0 Å². The predicted octanol–water partition coefficient (Wildman–Crippen LogP) is 2.71. The molecule has 0 bridgehead atoms. The SMILES string of the molecule is C=c1cccc/c1=C1\C=CC=CC\C1=C/C. The fraction of sp³-hybridized carbons (Fsp3) is 0.125. The summed E-state index contributed by atoms with van der Waals surface area (Å²) < 4.78 is 0. The normalized spacial score (nSPS) is 21.2. The topological polar surface area (TPSA) is 0 Å². The van der Waals surface area contributed by atoms with E-state index in [0.717, 1.165) is 11.6 Å². The Morgan fingerprint density at radius 3 is 2.75 bits per heavy atom. The zero-order valence-electron chi connectivity index (χ0n) is 9.61. The highest BCUT2D eigenvalue weighted by molar-refractivity contribution is 5.74. The number of allylic oxidation sites excluding steroid dienone is 6. The Hall–Kier alpha value is -1.82. The molecule has 0 nitrogen and oxygen atoms in total. The molecule has 0 saturated heterocycles. The Morgan fingerprint density at radius 1 is 1.19 bits per heavy atom. The average Bonchev–Trinajstić information content (AvgIpc) is 2.54. The Labute approximate surface area is 96.6 Å². The van der Waals surface area contributed by atoms with Gasteiger partial charge in [-0.3, -0.25) is 0 Å². The van der Waals surface area contributed by atoms with Crippen molar-refractivity contribution in [1.29, 1.82) is 0 Å². The van der Waals surface area contributed by atoms with Crippen LogP contribution in [0.25, 0.3) is 12.2 Å². The van der Waals surface area contributed by atoms with Crippen molar-refractivity contribution >= 4 is 12.2 Å². The second-order valence-electron chi connectivity index (χ2n) is 3.88. The number of hydrogen-bond donors (Lipinski definition) is 0. The molecule has 0 N–H and O–H groups in total. The highest BCUT2D eigenvalue weighted by atomic mass is 14.1. The molecule has 0 aromatic heterocycles. The lowest BCUT2D eigenvalue weighted by Gasteiger charge is -2.05. The predicted molar refractivity (Wildman–Crippen MR) is 71.3 cm³/mol. The molecule has 16 heavy (non-hydrogen) atoms. The minimum Gasteiger partial charge on any atom is -0.0911 e. The lowest BCUT2D eigenvalue weighted by molar-refractivity contribution is 1.28. The first-order chi connectivity index (χ1) is 7.83. The molecule has 0 fully saturated rings. The minimum absolute atomic E-state index is 0.993. The van der Waals surface area contributed by atoms with Gasteiger partial charge >= 0.3 is 0 Å². The second-order valence-corrected chi connectivity index (χ2v) is 3.88. The van der Waals surface area contributed by atoms with E-state index in [1.807, 2.05) is 6.07 Å². The summed E-state index contributed by atoms with van der Waals surface area (Å²) in [5, 5.41) is 2.32. The van der Waals surface area contributed by atoms with Gasteiger partial charge in [-0.15, -0.1) is 0 Å². The Morgan fingerprint density at radius 2 is 2.00 bits per heavy atom. The van der Waals surface area contributed by atoms with Gasteiger partial charge in [0.25, 0.3) is 0 Å². The van der Waals surface area contributed by atoms with Gasteiger partial charge in [0.15, 0.2) is 0 Å². The van der Waals surface area contributed by atoms with Crippen LogP contribution in [0.2, 0.25) is 0 Å². The van der Waals surface area contributed by atoms with Crippen molar-refractivity contribution in [3.05, 3.63) is 70.7 Å². The van der Waals surface area contributed by atoms with Crippen molar-refractivity contribution in [2.24, 2.45) is 0 Å². The molecule has 1 aromatic carbocycles. The van der Waals surface area contributed by atoms with E-state index in [9.17, 15) is 0 Å². The van der Waals surface area contributed by atoms with Crippen LogP contribution in [0.15, 0.2) is 60.2 Å². The first-order valence-corrected chi connectivity index (χ1v) is 5.60. The van der Waals surface area contributed by atoms with Crippen LogP contribution in [0.1, 0.15) is 13.3 Å². The first-order valence-electron chi connectivity index (χ1n) is 5.60. The molecule has 0 atom stereocenters. The maximum atomic E-state index is 4.09. The number of rotatable bonds is 0. The van der Waals surface area contributed by atoms with Crippen LogP contribution >= 0.6 is 0 Å². The van der Waals surface area contributed by atoms with E-state index in [2.05, 4.69) is 62.1 Å². The Kier molecular flexibility index (Phi) is 3.21.